The second kappa shape index (κ2) is 7.09. The van der Waals surface area contributed by atoms with Crippen molar-refractivity contribution in [1.82, 2.24) is 15.1 Å². The fourth-order valence-electron chi connectivity index (χ4n) is 2.95. The fraction of sp³-hybridized carbons (Fsp3) is 0.857. The van der Waals surface area contributed by atoms with Gasteiger partial charge in [-0.15, -0.1) is 0 Å². The number of carbonyl (C=O) groups excluding carboxylic acids is 1. The van der Waals surface area contributed by atoms with Crippen molar-refractivity contribution < 1.29 is 19.4 Å². The topological polar surface area (TPSA) is 82.1 Å². The van der Waals surface area contributed by atoms with Gasteiger partial charge in [-0.25, -0.2) is 4.79 Å². The number of nitrogens with zero attached hydrogens (tertiary/aromatic N) is 2. The molecule has 2 aliphatic heterocycles. The van der Waals surface area contributed by atoms with Crippen LogP contribution >= 0.6 is 0 Å². The number of fused-ring (bicyclic) bond motifs is 1. The monoisotopic (exact) mass is 299 g/mol. The van der Waals surface area contributed by atoms with Crippen LogP contribution in [0.1, 0.15) is 26.7 Å². The molecule has 2 unspecified atom stereocenters. The van der Waals surface area contributed by atoms with Gasteiger partial charge in [0.15, 0.2) is 0 Å². The van der Waals surface area contributed by atoms with E-state index >= 15 is 0 Å². The molecule has 2 atom stereocenters. The van der Waals surface area contributed by atoms with E-state index in [1.54, 1.807) is 13.8 Å². The Hall–Kier alpha value is -1.34. The molecule has 0 aromatic heterocycles. The Morgan fingerprint density at radius 1 is 1.48 bits per heavy atom. The third kappa shape index (κ3) is 4.31. The highest BCUT2D eigenvalue weighted by Crippen LogP contribution is 2.22. The van der Waals surface area contributed by atoms with Gasteiger partial charge in [-0.3, -0.25) is 9.69 Å². The molecular formula is C14H25N3O4. The molecule has 2 aliphatic rings. The molecule has 0 aliphatic carbocycles. The molecule has 120 valence electrons. The van der Waals surface area contributed by atoms with Gasteiger partial charge >= 0.3 is 12.0 Å². The lowest BCUT2D eigenvalue weighted by molar-refractivity contribution is -0.138. The number of carboxylic acids is 1. The Morgan fingerprint density at radius 3 is 2.90 bits per heavy atom. The van der Waals surface area contributed by atoms with Crippen molar-refractivity contribution in [2.45, 2.75) is 44.9 Å². The molecule has 2 rings (SSSR count). The van der Waals surface area contributed by atoms with Crippen LogP contribution in [0.3, 0.4) is 0 Å². The van der Waals surface area contributed by atoms with Gasteiger partial charge in [-0.2, -0.15) is 0 Å². The summed E-state index contributed by atoms with van der Waals surface area (Å²) >= 11 is 0. The molecule has 21 heavy (non-hydrogen) atoms. The van der Waals surface area contributed by atoms with Crippen LogP contribution in [-0.2, 0) is 9.53 Å². The first-order valence-corrected chi connectivity index (χ1v) is 7.59. The zero-order valence-corrected chi connectivity index (χ0v) is 12.7. The maximum atomic E-state index is 12.1. The Bertz CT molecular complexity index is 388. The van der Waals surface area contributed by atoms with Gasteiger partial charge in [0, 0.05) is 25.2 Å². The summed E-state index contributed by atoms with van der Waals surface area (Å²) in [5.74, 6) is -1.01. The maximum Gasteiger partial charge on any atom is 0.323 e. The Labute approximate surface area is 125 Å². The summed E-state index contributed by atoms with van der Waals surface area (Å²) in [5, 5.41) is 11.6. The van der Waals surface area contributed by atoms with E-state index in [9.17, 15) is 9.59 Å². The van der Waals surface area contributed by atoms with Crippen molar-refractivity contribution in [3.63, 3.8) is 0 Å². The predicted octanol–water partition coefficient (Wildman–Crippen LogP) is 0.354. The van der Waals surface area contributed by atoms with E-state index in [2.05, 4.69) is 10.2 Å². The lowest BCUT2D eigenvalue weighted by atomic mass is 10.2. The predicted molar refractivity (Wildman–Crippen MR) is 77.2 cm³/mol. The highest BCUT2D eigenvalue weighted by atomic mass is 16.5. The normalized spacial score (nSPS) is 25.7. The molecule has 7 heteroatoms. The second-order valence-corrected chi connectivity index (χ2v) is 6.05. The van der Waals surface area contributed by atoms with E-state index in [-0.39, 0.29) is 24.7 Å². The van der Waals surface area contributed by atoms with Crippen LogP contribution in [0, 0.1) is 0 Å². The largest absolute Gasteiger partial charge is 0.480 e. The van der Waals surface area contributed by atoms with E-state index < -0.39 is 5.97 Å². The molecule has 0 spiro atoms. The smallest absolute Gasteiger partial charge is 0.323 e. The SMILES string of the molecule is CC(C)N(CC(=O)O)C(=O)NCC1CN2CCCC2CO1. The molecule has 2 amide bonds. The zero-order valence-electron chi connectivity index (χ0n) is 12.7. The Kier molecular flexibility index (Phi) is 5.41. The molecule has 7 nitrogen and oxygen atoms in total. The maximum absolute atomic E-state index is 12.1. The van der Waals surface area contributed by atoms with Crippen LogP contribution < -0.4 is 5.32 Å². The van der Waals surface area contributed by atoms with Crippen molar-refractivity contribution in [3.8, 4) is 0 Å². The Balaban J connectivity index is 1.78. The van der Waals surface area contributed by atoms with Crippen LogP contribution in [0.2, 0.25) is 0 Å². The molecular weight excluding hydrogens is 274 g/mol. The summed E-state index contributed by atoms with van der Waals surface area (Å²) in [7, 11) is 0. The molecule has 0 bridgehead atoms. The zero-order chi connectivity index (χ0) is 15.4. The van der Waals surface area contributed by atoms with Crippen LogP contribution in [-0.4, -0.2) is 77.9 Å². The molecule has 0 radical (unpaired) electrons. The van der Waals surface area contributed by atoms with Gasteiger partial charge in [0.2, 0.25) is 0 Å². The Morgan fingerprint density at radius 2 is 2.24 bits per heavy atom. The van der Waals surface area contributed by atoms with E-state index in [0.29, 0.717) is 12.6 Å². The lowest BCUT2D eigenvalue weighted by Crippen LogP contribution is -2.53. The lowest BCUT2D eigenvalue weighted by Gasteiger charge is -2.35. The summed E-state index contributed by atoms with van der Waals surface area (Å²) < 4.78 is 5.77. The highest BCUT2D eigenvalue weighted by molar-refractivity contribution is 5.80. The number of carboxylic acid groups (broad SMARTS) is 1. The number of morpholine rings is 1. The number of rotatable bonds is 5. The van der Waals surface area contributed by atoms with Gasteiger partial charge < -0.3 is 20.1 Å². The van der Waals surface area contributed by atoms with Gasteiger partial charge in [0.05, 0.1) is 12.7 Å². The number of amides is 2. The van der Waals surface area contributed by atoms with Crippen LogP contribution in [0.15, 0.2) is 0 Å². The van der Waals surface area contributed by atoms with Crippen molar-refractivity contribution in [3.05, 3.63) is 0 Å². The minimum atomic E-state index is -1.01. The van der Waals surface area contributed by atoms with E-state index in [4.69, 9.17) is 9.84 Å². The van der Waals surface area contributed by atoms with Crippen molar-refractivity contribution in [1.29, 1.82) is 0 Å². The van der Waals surface area contributed by atoms with E-state index in [1.807, 2.05) is 0 Å². The third-order valence-corrected chi connectivity index (χ3v) is 4.13. The summed E-state index contributed by atoms with van der Waals surface area (Å²) in [5.41, 5.74) is 0. The van der Waals surface area contributed by atoms with Gasteiger partial charge in [-0.1, -0.05) is 0 Å². The number of hydrogen-bond acceptors (Lipinski definition) is 4. The van der Waals surface area contributed by atoms with Crippen LogP contribution in [0.4, 0.5) is 4.79 Å². The first kappa shape index (κ1) is 16.0. The average molecular weight is 299 g/mol. The number of ether oxygens (including phenoxy) is 1. The molecule has 2 heterocycles. The minimum absolute atomic E-state index is 0.0119. The summed E-state index contributed by atoms with van der Waals surface area (Å²) in [6.45, 7) is 6.40. The molecule has 2 fully saturated rings. The summed E-state index contributed by atoms with van der Waals surface area (Å²) in [6.07, 6.45) is 2.40. The number of nitrogens with one attached hydrogen (secondary N) is 1. The van der Waals surface area contributed by atoms with Gasteiger partial charge in [-0.05, 0) is 33.2 Å². The first-order chi connectivity index (χ1) is 9.97. The van der Waals surface area contributed by atoms with Gasteiger partial charge in [0.1, 0.15) is 6.54 Å². The molecule has 2 N–H and O–H groups in total. The van der Waals surface area contributed by atoms with E-state index in [0.717, 1.165) is 19.7 Å². The third-order valence-electron chi connectivity index (χ3n) is 4.13. The van der Waals surface area contributed by atoms with Crippen molar-refractivity contribution in [2.24, 2.45) is 0 Å². The van der Waals surface area contributed by atoms with Gasteiger partial charge in [0.25, 0.3) is 0 Å². The fourth-order valence-corrected chi connectivity index (χ4v) is 2.95. The molecule has 2 saturated heterocycles. The second-order valence-electron chi connectivity index (χ2n) is 6.05. The molecule has 0 aromatic rings. The first-order valence-electron chi connectivity index (χ1n) is 7.59. The quantitative estimate of drug-likeness (QED) is 0.766. The van der Waals surface area contributed by atoms with Crippen molar-refractivity contribution >= 4 is 12.0 Å². The standard InChI is InChI=1S/C14H25N3O4/c1-10(2)17(8-13(18)19)14(20)15-6-12-7-16-5-3-4-11(16)9-21-12/h10-12H,3-9H2,1-2H3,(H,15,20)(H,18,19). The number of urea groups is 1. The highest BCUT2D eigenvalue weighted by Gasteiger charge is 2.32. The molecule has 0 saturated carbocycles. The number of carbonyl (C=O) groups is 2. The average Bonchev–Trinajstić information content (AvgIpc) is 2.89. The minimum Gasteiger partial charge on any atom is -0.480 e. The van der Waals surface area contributed by atoms with E-state index in [1.165, 1.54) is 17.7 Å². The van der Waals surface area contributed by atoms with Crippen LogP contribution in [0.25, 0.3) is 0 Å². The number of hydrogen-bond donors (Lipinski definition) is 2. The number of aliphatic carboxylic acids is 1. The summed E-state index contributed by atoms with van der Waals surface area (Å²) in [4.78, 5) is 26.6. The van der Waals surface area contributed by atoms with Crippen LogP contribution in [0.5, 0.6) is 0 Å². The van der Waals surface area contributed by atoms with Crippen molar-refractivity contribution in [2.75, 3.05) is 32.8 Å². The molecule has 0 aromatic carbocycles. The summed E-state index contributed by atoms with van der Waals surface area (Å²) in [6, 6.07) is 0.0343.